The molecule has 0 aromatic carbocycles. The Balaban J connectivity index is 1.81. The second kappa shape index (κ2) is 5.16. The third kappa shape index (κ3) is 2.51. The zero-order valence-corrected chi connectivity index (χ0v) is 13.2. The first-order chi connectivity index (χ1) is 9.47. The second-order valence-corrected chi connectivity index (χ2v) is 8.31. The van der Waals surface area contributed by atoms with Crippen molar-refractivity contribution in [3.8, 4) is 0 Å². The summed E-state index contributed by atoms with van der Waals surface area (Å²) in [5.41, 5.74) is 5.73. The Bertz CT molecular complexity index is 593. The van der Waals surface area contributed by atoms with E-state index < -0.39 is 9.84 Å². The maximum absolute atomic E-state index is 11.9. The summed E-state index contributed by atoms with van der Waals surface area (Å²) in [6.07, 6.45) is 4.84. The fourth-order valence-corrected chi connectivity index (χ4v) is 5.41. The molecule has 6 nitrogen and oxygen atoms in total. The predicted molar refractivity (Wildman–Crippen MR) is 81.1 cm³/mol. The zero-order valence-electron chi connectivity index (χ0n) is 11.6. The fraction of sp³-hybridized carbons (Fsp3) is 0.750. The molecule has 1 unspecified atom stereocenters. The Morgan fingerprint density at radius 1 is 1.30 bits per heavy atom. The van der Waals surface area contributed by atoms with E-state index in [4.69, 9.17) is 5.73 Å². The van der Waals surface area contributed by atoms with Gasteiger partial charge < -0.3 is 10.6 Å². The number of hydrogen-bond acceptors (Lipinski definition) is 7. The van der Waals surface area contributed by atoms with E-state index in [0.717, 1.165) is 19.5 Å². The van der Waals surface area contributed by atoms with Gasteiger partial charge in [0.1, 0.15) is 9.90 Å². The van der Waals surface area contributed by atoms with Gasteiger partial charge in [0.05, 0.1) is 0 Å². The van der Waals surface area contributed by atoms with Crippen LogP contribution in [-0.4, -0.2) is 56.2 Å². The molecule has 0 bridgehead atoms. The van der Waals surface area contributed by atoms with Crippen molar-refractivity contribution in [1.29, 1.82) is 0 Å². The maximum Gasteiger partial charge on any atom is 0.182 e. The van der Waals surface area contributed by atoms with Crippen molar-refractivity contribution in [3.63, 3.8) is 0 Å². The Morgan fingerprint density at radius 3 is 2.65 bits per heavy atom. The molecule has 1 aromatic rings. The van der Waals surface area contributed by atoms with Gasteiger partial charge in [0.25, 0.3) is 0 Å². The molecule has 0 spiro atoms. The van der Waals surface area contributed by atoms with Crippen LogP contribution in [0.2, 0.25) is 0 Å². The van der Waals surface area contributed by atoms with Crippen LogP contribution in [0.15, 0.2) is 4.90 Å². The standard InChI is InChI=1S/C12H20N4O2S2/c1-20(17,18)10-11(13)14-19-12(10)16-7-4-9(8-16)15-5-2-3-6-15/h9H,2-8H2,1H3,(H2,13,14). The molecule has 1 aromatic heterocycles. The normalized spacial score (nSPS) is 24.6. The molecule has 0 saturated carbocycles. The van der Waals surface area contributed by atoms with Crippen molar-refractivity contribution in [2.75, 3.05) is 43.1 Å². The monoisotopic (exact) mass is 316 g/mol. The highest BCUT2D eigenvalue weighted by Gasteiger charge is 2.33. The van der Waals surface area contributed by atoms with Gasteiger partial charge in [-0.1, -0.05) is 0 Å². The average molecular weight is 316 g/mol. The molecule has 20 heavy (non-hydrogen) atoms. The number of likely N-dealkylation sites (tertiary alicyclic amines) is 1. The topological polar surface area (TPSA) is 79.5 Å². The predicted octanol–water partition coefficient (Wildman–Crippen LogP) is 0.803. The largest absolute Gasteiger partial charge is 0.382 e. The lowest BCUT2D eigenvalue weighted by atomic mass is 10.2. The molecular formula is C12H20N4O2S2. The molecule has 8 heteroatoms. The van der Waals surface area contributed by atoms with Crippen LogP contribution in [0.3, 0.4) is 0 Å². The van der Waals surface area contributed by atoms with E-state index in [2.05, 4.69) is 14.2 Å². The molecule has 0 aliphatic carbocycles. The molecular weight excluding hydrogens is 296 g/mol. The summed E-state index contributed by atoms with van der Waals surface area (Å²) in [7, 11) is -3.33. The maximum atomic E-state index is 11.9. The van der Waals surface area contributed by atoms with Crippen LogP contribution < -0.4 is 10.6 Å². The number of aromatic nitrogens is 1. The number of anilines is 2. The molecule has 2 N–H and O–H groups in total. The molecule has 2 fully saturated rings. The third-order valence-electron chi connectivity index (χ3n) is 4.14. The summed E-state index contributed by atoms with van der Waals surface area (Å²) in [4.78, 5) is 4.86. The van der Waals surface area contributed by atoms with Crippen molar-refractivity contribution < 1.29 is 8.42 Å². The molecule has 0 amide bonds. The molecule has 0 radical (unpaired) electrons. The lowest BCUT2D eigenvalue weighted by Crippen LogP contribution is -2.35. The minimum absolute atomic E-state index is 0.136. The van der Waals surface area contributed by atoms with Gasteiger partial charge in [0.15, 0.2) is 15.7 Å². The van der Waals surface area contributed by atoms with Crippen LogP contribution in [0.4, 0.5) is 10.8 Å². The van der Waals surface area contributed by atoms with E-state index in [1.165, 1.54) is 43.7 Å². The second-order valence-electron chi connectivity index (χ2n) is 5.61. The highest BCUT2D eigenvalue weighted by Crippen LogP contribution is 2.37. The van der Waals surface area contributed by atoms with Gasteiger partial charge in [-0.15, -0.1) is 0 Å². The van der Waals surface area contributed by atoms with Crippen molar-refractivity contribution in [3.05, 3.63) is 0 Å². The minimum Gasteiger partial charge on any atom is -0.382 e. The summed E-state index contributed by atoms with van der Waals surface area (Å²) in [6.45, 7) is 4.10. The summed E-state index contributed by atoms with van der Waals surface area (Å²) in [5.74, 6) is 0.136. The molecule has 2 aliphatic heterocycles. The van der Waals surface area contributed by atoms with E-state index in [0.29, 0.717) is 11.0 Å². The molecule has 1 atom stereocenters. The lowest BCUT2D eigenvalue weighted by Gasteiger charge is -2.24. The van der Waals surface area contributed by atoms with Crippen LogP contribution in [0, 0.1) is 0 Å². The quantitative estimate of drug-likeness (QED) is 0.889. The van der Waals surface area contributed by atoms with Crippen molar-refractivity contribution in [1.82, 2.24) is 9.27 Å². The van der Waals surface area contributed by atoms with Gasteiger partial charge in [-0.05, 0) is 43.9 Å². The van der Waals surface area contributed by atoms with E-state index in [1.807, 2.05) is 0 Å². The van der Waals surface area contributed by atoms with Crippen molar-refractivity contribution >= 4 is 32.2 Å². The summed E-state index contributed by atoms with van der Waals surface area (Å²) >= 11 is 1.20. The van der Waals surface area contributed by atoms with Crippen LogP contribution in [-0.2, 0) is 9.84 Å². The van der Waals surface area contributed by atoms with Gasteiger partial charge in [0.2, 0.25) is 0 Å². The Hall–Kier alpha value is -0.860. The minimum atomic E-state index is -3.33. The van der Waals surface area contributed by atoms with Crippen molar-refractivity contribution in [2.45, 2.75) is 30.2 Å². The number of sulfone groups is 1. The van der Waals surface area contributed by atoms with Crippen LogP contribution in [0.5, 0.6) is 0 Å². The number of nitrogens with two attached hydrogens (primary N) is 1. The lowest BCUT2D eigenvalue weighted by molar-refractivity contribution is 0.260. The Labute approximate surface area is 123 Å². The zero-order chi connectivity index (χ0) is 14.3. The van der Waals surface area contributed by atoms with Crippen LogP contribution in [0.25, 0.3) is 0 Å². The highest BCUT2D eigenvalue weighted by molar-refractivity contribution is 7.91. The van der Waals surface area contributed by atoms with Crippen LogP contribution in [0.1, 0.15) is 19.3 Å². The SMILES string of the molecule is CS(=O)(=O)c1c(N)nsc1N1CCC(N2CCCC2)C1. The summed E-state index contributed by atoms with van der Waals surface area (Å²) in [6, 6.07) is 0.535. The first kappa shape index (κ1) is 14.1. The fourth-order valence-electron chi connectivity index (χ4n) is 3.17. The smallest absolute Gasteiger partial charge is 0.182 e. The third-order valence-corrected chi connectivity index (χ3v) is 6.33. The number of hydrogen-bond donors (Lipinski definition) is 1. The van der Waals surface area contributed by atoms with Gasteiger partial charge in [-0.3, -0.25) is 4.90 Å². The van der Waals surface area contributed by atoms with Gasteiger partial charge in [-0.25, -0.2) is 8.42 Å². The average Bonchev–Trinajstić information content (AvgIpc) is 3.06. The molecule has 3 heterocycles. The number of nitrogens with zero attached hydrogens (tertiary/aromatic N) is 3. The van der Waals surface area contributed by atoms with E-state index in [-0.39, 0.29) is 10.7 Å². The van der Waals surface area contributed by atoms with E-state index >= 15 is 0 Å². The number of rotatable bonds is 3. The summed E-state index contributed by atoms with van der Waals surface area (Å²) in [5, 5.41) is 0.715. The molecule has 3 rings (SSSR count). The molecule has 2 aliphatic rings. The molecule has 112 valence electrons. The van der Waals surface area contributed by atoms with E-state index in [1.54, 1.807) is 0 Å². The van der Waals surface area contributed by atoms with Gasteiger partial charge in [0, 0.05) is 25.4 Å². The van der Waals surface area contributed by atoms with Gasteiger partial charge >= 0.3 is 0 Å². The summed E-state index contributed by atoms with van der Waals surface area (Å²) < 4.78 is 27.8. The van der Waals surface area contributed by atoms with Gasteiger partial charge in [-0.2, -0.15) is 4.37 Å². The molecule has 2 saturated heterocycles. The first-order valence-corrected chi connectivity index (χ1v) is 9.57. The van der Waals surface area contributed by atoms with Crippen LogP contribution >= 0.6 is 11.5 Å². The van der Waals surface area contributed by atoms with E-state index in [9.17, 15) is 8.42 Å². The first-order valence-electron chi connectivity index (χ1n) is 6.91. The highest BCUT2D eigenvalue weighted by atomic mass is 32.2. The Morgan fingerprint density at radius 2 is 2.00 bits per heavy atom. The van der Waals surface area contributed by atoms with Crippen molar-refractivity contribution in [2.24, 2.45) is 0 Å². The number of nitrogen functional groups attached to an aromatic ring is 1. The Kier molecular flexibility index (Phi) is 3.64.